The van der Waals surface area contributed by atoms with E-state index in [1.807, 2.05) is 0 Å². The highest BCUT2D eigenvalue weighted by Crippen LogP contribution is 2.34. The van der Waals surface area contributed by atoms with Gasteiger partial charge in [-0.15, -0.1) is 5.10 Å². The molecule has 0 saturated carbocycles. The Balaban J connectivity index is 2.26. The van der Waals surface area contributed by atoms with E-state index in [1.165, 1.54) is 49.2 Å². The maximum atomic E-state index is 14.1. The zero-order valence-electron chi connectivity index (χ0n) is 19.2. The van der Waals surface area contributed by atoms with E-state index in [4.69, 9.17) is 15.2 Å². The predicted molar refractivity (Wildman–Crippen MR) is 125 cm³/mol. The van der Waals surface area contributed by atoms with Gasteiger partial charge in [0.1, 0.15) is 22.0 Å². The molecule has 182 valence electrons. The van der Waals surface area contributed by atoms with Crippen molar-refractivity contribution in [3.8, 4) is 16.9 Å². The minimum atomic E-state index is -3.91. The van der Waals surface area contributed by atoms with E-state index in [9.17, 15) is 17.6 Å². The number of methoxy groups -OCH3 is 2. The number of carbonyl (C=O) groups is 1. The molecule has 0 atom stereocenters. The smallest absolute Gasteiger partial charge is 0.337 e. The SMILES string of the molecule is COC(=O)c1cc(-c2ccc(OC)c(S(=O)(=O)NC(C)C)c2)c2nnn(C/C(F)=C/CN)c2c1. The molecule has 3 N–H and O–H groups in total. The number of halogens is 1. The third-order valence-corrected chi connectivity index (χ3v) is 6.52. The summed E-state index contributed by atoms with van der Waals surface area (Å²) in [6.45, 7) is 3.19. The van der Waals surface area contributed by atoms with Crippen LogP contribution in [0.3, 0.4) is 0 Å². The van der Waals surface area contributed by atoms with Crippen LogP contribution in [0.25, 0.3) is 22.2 Å². The van der Waals surface area contributed by atoms with Crippen molar-refractivity contribution < 1.29 is 27.1 Å². The van der Waals surface area contributed by atoms with E-state index in [0.717, 1.165) is 0 Å². The standard InChI is InChI=1S/C22H26FN5O5S/c1-13(2)26-34(30,31)20-11-14(5-6-19(20)32-3)17-9-15(22(29)33-4)10-18-21(17)25-27-28(18)12-16(23)7-8-24/h5-7,9-11,13,26H,8,12,24H2,1-4H3/b16-7-. The van der Waals surface area contributed by atoms with Gasteiger partial charge in [-0.2, -0.15) is 0 Å². The number of sulfonamides is 1. The molecule has 0 fully saturated rings. The summed E-state index contributed by atoms with van der Waals surface area (Å²) in [4.78, 5) is 12.3. The van der Waals surface area contributed by atoms with Gasteiger partial charge in [-0.25, -0.2) is 27.0 Å². The number of nitrogens with two attached hydrogens (primary N) is 1. The summed E-state index contributed by atoms with van der Waals surface area (Å²) in [5, 5.41) is 8.17. The fourth-order valence-electron chi connectivity index (χ4n) is 3.40. The van der Waals surface area contributed by atoms with Crippen LogP contribution in [0.5, 0.6) is 5.75 Å². The number of hydrogen-bond acceptors (Lipinski definition) is 8. The maximum absolute atomic E-state index is 14.1. The number of fused-ring (bicyclic) bond motifs is 1. The number of benzene rings is 2. The second kappa shape index (κ2) is 10.3. The van der Waals surface area contributed by atoms with Gasteiger partial charge in [0.2, 0.25) is 10.0 Å². The van der Waals surface area contributed by atoms with Crippen LogP contribution in [-0.2, 0) is 21.3 Å². The first-order valence-electron chi connectivity index (χ1n) is 10.3. The van der Waals surface area contributed by atoms with Gasteiger partial charge in [-0.3, -0.25) is 0 Å². The average molecular weight is 492 g/mol. The summed E-state index contributed by atoms with van der Waals surface area (Å²) >= 11 is 0. The third-order valence-electron chi connectivity index (χ3n) is 4.84. The van der Waals surface area contributed by atoms with Gasteiger partial charge < -0.3 is 15.2 Å². The summed E-state index contributed by atoms with van der Waals surface area (Å²) in [5.74, 6) is -0.997. The first-order chi connectivity index (χ1) is 16.1. The zero-order valence-corrected chi connectivity index (χ0v) is 20.0. The lowest BCUT2D eigenvalue weighted by Gasteiger charge is -2.15. The Morgan fingerprint density at radius 3 is 2.62 bits per heavy atom. The molecule has 10 nitrogen and oxygen atoms in total. The van der Waals surface area contributed by atoms with Gasteiger partial charge in [-0.05, 0) is 49.8 Å². The number of rotatable bonds is 9. The van der Waals surface area contributed by atoms with Crippen LogP contribution in [0.15, 0.2) is 47.1 Å². The molecule has 0 aliphatic rings. The second-order valence-corrected chi connectivity index (χ2v) is 9.34. The number of aromatic nitrogens is 3. The number of ether oxygens (including phenoxy) is 2. The predicted octanol–water partition coefficient (Wildman–Crippen LogP) is 2.39. The average Bonchev–Trinajstić information content (AvgIpc) is 3.19. The Hall–Kier alpha value is -3.35. The van der Waals surface area contributed by atoms with Crippen LogP contribution >= 0.6 is 0 Å². The number of esters is 1. The van der Waals surface area contributed by atoms with Gasteiger partial charge in [0, 0.05) is 18.2 Å². The van der Waals surface area contributed by atoms with Crippen molar-refractivity contribution in [2.45, 2.75) is 31.3 Å². The summed E-state index contributed by atoms with van der Waals surface area (Å²) < 4.78 is 53.9. The number of allylic oxidation sites excluding steroid dienone is 1. The van der Waals surface area contributed by atoms with Gasteiger partial charge >= 0.3 is 5.97 Å². The lowest BCUT2D eigenvalue weighted by atomic mass is 10.0. The van der Waals surface area contributed by atoms with Crippen LogP contribution < -0.4 is 15.2 Å². The Bertz CT molecular complexity index is 1350. The molecule has 12 heteroatoms. The van der Waals surface area contributed by atoms with Crippen molar-refractivity contribution >= 4 is 27.0 Å². The summed E-state index contributed by atoms with van der Waals surface area (Å²) in [6, 6.07) is 7.23. The second-order valence-electron chi connectivity index (χ2n) is 7.66. The van der Waals surface area contributed by atoms with Crippen LogP contribution in [-0.4, -0.2) is 56.2 Å². The van der Waals surface area contributed by atoms with E-state index < -0.39 is 21.8 Å². The van der Waals surface area contributed by atoms with Crippen molar-refractivity contribution in [1.82, 2.24) is 19.7 Å². The van der Waals surface area contributed by atoms with Crippen molar-refractivity contribution in [1.29, 1.82) is 0 Å². The molecule has 0 saturated heterocycles. The van der Waals surface area contributed by atoms with Crippen molar-refractivity contribution in [2.75, 3.05) is 20.8 Å². The third kappa shape index (κ3) is 5.24. The first-order valence-corrected chi connectivity index (χ1v) is 11.8. The van der Waals surface area contributed by atoms with E-state index in [2.05, 4.69) is 15.0 Å². The zero-order chi connectivity index (χ0) is 25.0. The molecular weight excluding hydrogens is 465 g/mol. The molecule has 0 unspecified atom stereocenters. The quantitative estimate of drug-likeness (QED) is 0.435. The highest BCUT2D eigenvalue weighted by atomic mass is 32.2. The van der Waals surface area contributed by atoms with Crippen molar-refractivity contribution in [3.05, 3.63) is 47.8 Å². The Morgan fingerprint density at radius 2 is 2.00 bits per heavy atom. The van der Waals surface area contributed by atoms with E-state index in [0.29, 0.717) is 22.2 Å². The fraction of sp³-hybridized carbons (Fsp3) is 0.318. The molecule has 0 radical (unpaired) electrons. The van der Waals surface area contributed by atoms with Gasteiger partial charge in [0.05, 0.1) is 31.8 Å². The molecule has 2 aromatic carbocycles. The molecule has 3 rings (SSSR count). The Labute approximate surface area is 196 Å². The molecule has 3 aromatic rings. The topological polar surface area (TPSA) is 138 Å². The van der Waals surface area contributed by atoms with Gasteiger partial charge in [-0.1, -0.05) is 11.3 Å². The van der Waals surface area contributed by atoms with Crippen LogP contribution in [0, 0.1) is 0 Å². The molecular formula is C22H26FN5O5S. The highest BCUT2D eigenvalue weighted by Gasteiger charge is 2.23. The number of hydrogen-bond donors (Lipinski definition) is 2. The van der Waals surface area contributed by atoms with Crippen molar-refractivity contribution in [2.24, 2.45) is 5.73 Å². The first kappa shape index (κ1) is 25.3. The lowest BCUT2D eigenvalue weighted by molar-refractivity contribution is 0.0601. The van der Waals surface area contributed by atoms with Gasteiger partial charge in [0.15, 0.2) is 0 Å². The minimum Gasteiger partial charge on any atom is -0.495 e. The number of nitrogens with zero attached hydrogens (tertiary/aromatic N) is 3. The summed E-state index contributed by atoms with van der Waals surface area (Å²) in [5.41, 5.74) is 7.09. The Kier molecular flexibility index (Phi) is 7.64. The molecule has 1 heterocycles. The molecule has 0 amide bonds. The maximum Gasteiger partial charge on any atom is 0.337 e. The molecule has 1 aromatic heterocycles. The van der Waals surface area contributed by atoms with Crippen LogP contribution in [0.4, 0.5) is 4.39 Å². The molecule has 0 aliphatic heterocycles. The minimum absolute atomic E-state index is 0.0185. The van der Waals surface area contributed by atoms with Crippen molar-refractivity contribution in [3.63, 3.8) is 0 Å². The van der Waals surface area contributed by atoms with E-state index >= 15 is 0 Å². The monoisotopic (exact) mass is 491 g/mol. The summed E-state index contributed by atoms with van der Waals surface area (Å²) in [6.07, 6.45) is 1.21. The van der Waals surface area contributed by atoms with E-state index in [1.54, 1.807) is 19.9 Å². The van der Waals surface area contributed by atoms with E-state index in [-0.39, 0.29) is 35.3 Å². The number of nitrogens with one attached hydrogen (secondary N) is 1. The molecule has 0 spiro atoms. The van der Waals surface area contributed by atoms with Crippen LogP contribution in [0.2, 0.25) is 0 Å². The van der Waals surface area contributed by atoms with Gasteiger partial charge in [0.25, 0.3) is 0 Å². The molecule has 0 bridgehead atoms. The van der Waals surface area contributed by atoms with Crippen LogP contribution in [0.1, 0.15) is 24.2 Å². The molecule has 34 heavy (non-hydrogen) atoms. The highest BCUT2D eigenvalue weighted by molar-refractivity contribution is 7.89. The fourth-order valence-corrected chi connectivity index (χ4v) is 4.85. The molecule has 0 aliphatic carbocycles. The largest absolute Gasteiger partial charge is 0.495 e. The number of carbonyl (C=O) groups excluding carboxylic acids is 1. The Morgan fingerprint density at radius 1 is 1.26 bits per heavy atom. The summed E-state index contributed by atoms with van der Waals surface area (Å²) in [7, 11) is -1.30. The lowest BCUT2D eigenvalue weighted by Crippen LogP contribution is -2.30. The normalized spacial score (nSPS) is 12.4.